The first-order valence-corrected chi connectivity index (χ1v) is 2.77. The van der Waals surface area contributed by atoms with Gasteiger partial charge in [-0.2, -0.15) is 5.48 Å². The number of alkyl halides is 1. The zero-order valence-corrected chi connectivity index (χ0v) is 5.68. The van der Waals surface area contributed by atoms with E-state index < -0.39 is 11.5 Å². The zero-order valence-electron chi connectivity index (χ0n) is 4.93. The summed E-state index contributed by atoms with van der Waals surface area (Å²) >= 11 is 5.27. The summed E-state index contributed by atoms with van der Waals surface area (Å²) in [7, 11) is 0. The highest BCUT2D eigenvalue weighted by molar-refractivity contribution is 6.20. The van der Waals surface area contributed by atoms with Crippen LogP contribution in [0.15, 0.2) is 0 Å². The molecule has 54 valence electrons. The molecule has 0 aromatic carbocycles. The van der Waals surface area contributed by atoms with Crippen molar-refractivity contribution in [3.63, 3.8) is 0 Å². The number of nitrogens with one attached hydrogen (secondary N) is 1. The van der Waals surface area contributed by atoms with Crippen LogP contribution < -0.4 is 5.48 Å². The molecule has 1 unspecified atom stereocenters. The van der Waals surface area contributed by atoms with Gasteiger partial charge in [0.05, 0.1) is 0 Å². The van der Waals surface area contributed by atoms with Gasteiger partial charge in [0.2, 0.25) is 0 Å². The molecular weight excluding hydrogens is 146 g/mol. The predicted molar refractivity (Wildman–Crippen MR) is 31.2 cm³/mol. The first-order valence-electron chi connectivity index (χ1n) is 2.34. The standard InChI is InChI=1S/C4H8ClNO3/c1-3(7)9-2-4(5)6-8/h4,6,8H,2H2,1H3. The summed E-state index contributed by atoms with van der Waals surface area (Å²) in [5.74, 6) is -0.420. The van der Waals surface area contributed by atoms with E-state index in [1.54, 1.807) is 5.48 Å². The lowest BCUT2D eigenvalue weighted by molar-refractivity contribution is -0.141. The van der Waals surface area contributed by atoms with Crippen LogP contribution in [0.2, 0.25) is 0 Å². The average Bonchev–Trinajstić information content (AvgIpc) is 1.83. The summed E-state index contributed by atoms with van der Waals surface area (Å²) in [6.07, 6.45) is 0. The Morgan fingerprint density at radius 1 is 2.00 bits per heavy atom. The third-order valence-electron chi connectivity index (χ3n) is 0.573. The van der Waals surface area contributed by atoms with Gasteiger partial charge >= 0.3 is 5.97 Å². The van der Waals surface area contributed by atoms with Gasteiger partial charge in [0.25, 0.3) is 0 Å². The number of esters is 1. The van der Waals surface area contributed by atoms with Gasteiger partial charge < -0.3 is 9.94 Å². The maximum atomic E-state index is 10.1. The second-order valence-electron chi connectivity index (χ2n) is 1.40. The molecule has 0 bridgehead atoms. The zero-order chi connectivity index (χ0) is 7.28. The Morgan fingerprint density at radius 2 is 2.56 bits per heavy atom. The van der Waals surface area contributed by atoms with E-state index in [-0.39, 0.29) is 6.61 Å². The van der Waals surface area contributed by atoms with E-state index in [2.05, 4.69) is 4.74 Å². The van der Waals surface area contributed by atoms with Crippen molar-refractivity contribution in [1.29, 1.82) is 0 Å². The highest BCUT2D eigenvalue weighted by atomic mass is 35.5. The number of ether oxygens (including phenoxy) is 1. The van der Waals surface area contributed by atoms with Crippen molar-refractivity contribution in [2.75, 3.05) is 6.61 Å². The van der Waals surface area contributed by atoms with Gasteiger partial charge in [-0.15, -0.1) is 0 Å². The van der Waals surface area contributed by atoms with E-state index >= 15 is 0 Å². The van der Waals surface area contributed by atoms with Crippen molar-refractivity contribution >= 4 is 17.6 Å². The monoisotopic (exact) mass is 153 g/mol. The van der Waals surface area contributed by atoms with Gasteiger partial charge in [-0.3, -0.25) is 4.79 Å². The van der Waals surface area contributed by atoms with Crippen molar-refractivity contribution in [2.24, 2.45) is 0 Å². The predicted octanol–water partition coefficient (Wildman–Crippen LogP) is 0.0932. The van der Waals surface area contributed by atoms with Gasteiger partial charge in [0, 0.05) is 6.92 Å². The molecule has 0 saturated carbocycles. The highest BCUT2D eigenvalue weighted by Gasteiger charge is 2.02. The Morgan fingerprint density at radius 3 is 2.89 bits per heavy atom. The lowest BCUT2D eigenvalue weighted by atomic mass is 10.7. The fourth-order valence-electron chi connectivity index (χ4n) is 0.228. The fraction of sp³-hybridized carbons (Fsp3) is 0.750. The molecule has 0 aromatic heterocycles. The summed E-state index contributed by atoms with van der Waals surface area (Å²) in [6, 6.07) is 0. The summed E-state index contributed by atoms with van der Waals surface area (Å²) in [5, 5.41) is 8.07. The molecule has 0 aromatic rings. The number of hydrogen-bond donors (Lipinski definition) is 2. The number of halogens is 1. The summed E-state index contributed by atoms with van der Waals surface area (Å²) in [6.45, 7) is 1.23. The smallest absolute Gasteiger partial charge is 0.302 e. The van der Waals surface area contributed by atoms with E-state index in [0.29, 0.717) is 0 Å². The normalized spacial score (nSPS) is 12.8. The minimum atomic E-state index is -0.728. The van der Waals surface area contributed by atoms with Gasteiger partial charge in [0.1, 0.15) is 12.1 Å². The average molecular weight is 154 g/mol. The van der Waals surface area contributed by atoms with Crippen LogP contribution in [0.5, 0.6) is 0 Å². The molecule has 0 spiro atoms. The fourth-order valence-corrected chi connectivity index (χ4v) is 0.291. The van der Waals surface area contributed by atoms with E-state index in [4.69, 9.17) is 16.8 Å². The molecule has 0 rings (SSSR count). The summed E-state index contributed by atoms with van der Waals surface area (Å²) < 4.78 is 4.40. The van der Waals surface area contributed by atoms with Crippen molar-refractivity contribution in [3.05, 3.63) is 0 Å². The van der Waals surface area contributed by atoms with Crippen LogP contribution in [0.4, 0.5) is 0 Å². The first-order chi connectivity index (χ1) is 4.16. The molecule has 4 nitrogen and oxygen atoms in total. The SMILES string of the molecule is CC(=O)OCC(Cl)NO. The van der Waals surface area contributed by atoms with Crippen LogP contribution in [-0.4, -0.2) is 23.3 Å². The van der Waals surface area contributed by atoms with Crippen LogP contribution in [0.1, 0.15) is 6.92 Å². The number of hydrogen-bond acceptors (Lipinski definition) is 4. The third kappa shape index (κ3) is 5.55. The van der Waals surface area contributed by atoms with Gasteiger partial charge in [0.15, 0.2) is 0 Å². The van der Waals surface area contributed by atoms with Crippen molar-refractivity contribution in [3.8, 4) is 0 Å². The quantitative estimate of drug-likeness (QED) is 0.261. The van der Waals surface area contributed by atoms with E-state index in [0.717, 1.165) is 0 Å². The molecule has 5 heteroatoms. The second kappa shape index (κ2) is 4.55. The number of carbonyl (C=O) groups excluding carboxylic acids is 1. The molecule has 0 aliphatic rings. The first kappa shape index (κ1) is 8.68. The summed E-state index contributed by atoms with van der Waals surface area (Å²) in [5.41, 5.74) is 0.981. The maximum absolute atomic E-state index is 10.1. The molecule has 0 radical (unpaired) electrons. The Balaban J connectivity index is 3.16. The molecule has 0 amide bonds. The summed E-state index contributed by atoms with van der Waals surface area (Å²) in [4.78, 5) is 10.1. The Kier molecular flexibility index (Phi) is 4.39. The number of carbonyl (C=O) groups is 1. The van der Waals surface area contributed by atoms with Gasteiger partial charge in [-0.1, -0.05) is 11.6 Å². The van der Waals surface area contributed by atoms with Crippen LogP contribution in [0, 0.1) is 0 Å². The minimum Gasteiger partial charge on any atom is -0.463 e. The third-order valence-corrected chi connectivity index (χ3v) is 0.797. The molecule has 1 atom stereocenters. The molecular formula is C4H8ClNO3. The molecule has 0 aliphatic heterocycles. The van der Waals surface area contributed by atoms with E-state index in [1.807, 2.05) is 0 Å². The highest BCUT2D eigenvalue weighted by Crippen LogP contribution is 1.89. The topological polar surface area (TPSA) is 58.6 Å². The van der Waals surface area contributed by atoms with E-state index in [1.165, 1.54) is 6.92 Å². The number of hydroxylamine groups is 1. The Labute approximate surface area is 57.7 Å². The molecule has 0 fully saturated rings. The lowest BCUT2D eigenvalue weighted by Gasteiger charge is -2.04. The molecule has 2 N–H and O–H groups in total. The Hall–Kier alpha value is -0.320. The van der Waals surface area contributed by atoms with E-state index in [9.17, 15) is 4.79 Å². The van der Waals surface area contributed by atoms with Crippen molar-refractivity contribution in [1.82, 2.24) is 5.48 Å². The largest absolute Gasteiger partial charge is 0.463 e. The molecule has 0 aliphatic carbocycles. The van der Waals surface area contributed by atoms with Crippen LogP contribution >= 0.6 is 11.6 Å². The minimum absolute atomic E-state index is 0.0343. The van der Waals surface area contributed by atoms with Crippen molar-refractivity contribution < 1.29 is 14.7 Å². The number of rotatable bonds is 3. The molecule has 0 saturated heterocycles. The van der Waals surface area contributed by atoms with Gasteiger partial charge in [-0.25, -0.2) is 0 Å². The Bertz CT molecular complexity index is 97.8. The molecule has 0 heterocycles. The van der Waals surface area contributed by atoms with Crippen LogP contribution in [0.25, 0.3) is 0 Å². The molecule has 9 heavy (non-hydrogen) atoms. The second-order valence-corrected chi connectivity index (χ2v) is 1.93. The van der Waals surface area contributed by atoms with Gasteiger partial charge in [-0.05, 0) is 0 Å². The lowest BCUT2D eigenvalue weighted by Crippen LogP contribution is -2.25. The van der Waals surface area contributed by atoms with Crippen LogP contribution in [0.3, 0.4) is 0 Å². The van der Waals surface area contributed by atoms with Crippen LogP contribution in [-0.2, 0) is 9.53 Å². The maximum Gasteiger partial charge on any atom is 0.302 e. The van der Waals surface area contributed by atoms with Crippen molar-refractivity contribution in [2.45, 2.75) is 12.4 Å².